The molecule has 29 N–H and O–H groups in total. The predicted molar refractivity (Wildman–Crippen MR) is 420 cm³/mol. The number of aliphatic imine (C=N–C) groups is 1. The zero-order chi connectivity index (χ0) is 87.2. The molecule has 0 aliphatic carbocycles. The highest BCUT2D eigenvalue weighted by Crippen LogP contribution is 2.26. The Hall–Kier alpha value is -10.4. The molecule has 654 valence electrons. The van der Waals surface area contributed by atoms with Crippen LogP contribution in [0, 0.1) is 11.8 Å². The summed E-state index contributed by atoms with van der Waals surface area (Å²) >= 11 is 0. The molecule has 116 heavy (non-hydrogen) atoms. The molecule has 0 saturated carbocycles. The first-order chi connectivity index (χ1) is 54.7. The summed E-state index contributed by atoms with van der Waals surface area (Å²) in [6, 6.07) is -19.9. The van der Waals surface area contributed by atoms with Crippen molar-refractivity contribution < 1.29 is 96.5 Å². The molecule has 43 nitrogen and oxygen atoms in total. The second-order valence-electron chi connectivity index (χ2n) is 30.3. The van der Waals surface area contributed by atoms with E-state index in [-0.39, 0.29) is 142 Å². The van der Waals surface area contributed by atoms with Crippen molar-refractivity contribution in [2.24, 2.45) is 62.7 Å². The Balaban J connectivity index is 1.82. The number of hydrogen-bond donors (Lipinski definition) is 21. The third kappa shape index (κ3) is 33.4. The molecule has 0 aromatic carbocycles. The van der Waals surface area contributed by atoms with Gasteiger partial charge in [0.15, 0.2) is 5.96 Å². The quantitative estimate of drug-likeness (QED) is 0.0153. The number of aliphatic carboxylic acids is 2. The fourth-order valence-electron chi connectivity index (χ4n) is 13.4. The Bertz CT molecular complexity index is 3440. The molecule has 15 atom stereocenters. The van der Waals surface area contributed by atoms with Crippen molar-refractivity contribution in [3.05, 3.63) is 0 Å². The van der Waals surface area contributed by atoms with E-state index in [9.17, 15) is 96.5 Å². The minimum Gasteiger partial charge on any atom is -0.481 e. The largest absolute Gasteiger partial charge is 0.481 e. The number of carbonyl (C=O) groups excluding carboxylic acids is 16. The lowest BCUT2D eigenvalue weighted by Crippen LogP contribution is -2.61. The number of carbonyl (C=O) groups is 18. The number of rotatable bonds is 53. The molecule has 0 aromatic rings. The lowest BCUT2D eigenvalue weighted by Gasteiger charge is -2.33. The van der Waals surface area contributed by atoms with E-state index in [1.807, 2.05) is 0 Å². The number of hydrogen-bond acceptors (Lipinski definition) is 23. The lowest BCUT2D eigenvalue weighted by molar-refractivity contribution is -0.145. The lowest BCUT2D eigenvalue weighted by atomic mass is 10.0. The number of likely N-dealkylation sites (tertiary alicyclic amines) is 3. The number of carboxylic acids is 2. The monoisotopic (exact) mass is 1650 g/mol. The molecule has 43 heteroatoms. The van der Waals surface area contributed by atoms with Gasteiger partial charge < -0.3 is 129 Å². The van der Waals surface area contributed by atoms with E-state index in [1.165, 1.54) is 35.5 Å². The highest BCUT2D eigenvalue weighted by molar-refractivity contribution is 6.01. The van der Waals surface area contributed by atoms with Gasteiger partial charge in [-0.3, -0.25) is 86.5 Å². The third-order valence-corrected chi connectivity index (χ3v) is 20.1. The van der Waals surface area contributed by atoms with Gasteiger partial charge >= 0.3 is 11.9 Å². The van der Waals surface area contributed by atoms with Crippen LogP contribution in [-0.2, 0) is 86.3 Å². The van der Waals surface area contributed by atoms with Crippen molar-refractivity contribution in [1.29, 1.82) is 0 Å². The summed E-state index contributed by atoms with van der Waals surface area (Å²) in [5.41, 5.74) is 45.1. The second kappa shape index (κ2) is 50.8. The minimum absolute atomic E-state index is 0.00650. The van der Waals surface area contributed by atoms with E-state index in [0.717, 1.165) is 0 Å². The molecule has 3 fully saturated rings. The Morgan fingerprint density at radius 3 is 1.16 bits per heavy atom. The van der Waals surface area contributed by atoms with Crippen LogP contribution in [0.25, 0.3) is 0 Å². The normalized spacial score (nSPS) is 18.3. The van der Waals surface area contributed by atoms with Crippen molar-refractivity contribution in [3.63, 3.8) is 0 Å². The Morgan fingerprint density at radius 2 is 0.707 bits per heavy atom. The second-order valence-corrected chi connectivity index (χ2v) is 30.3. The van der Waals surface area contributed by atoms with Gasteiger partial charge in [0.25, 0.3) is 0 Å². The van der Waals surface area contributed by atoms with E-state index in [1.54, 1.807) is 27.7 Å². The first kappa shape index (κ1) is 99.8. The van der Waals surface area contributed by atoms with Gasteiger partial charge in [-0.2, -0.15) is 0 Å². The van der Waals surface area contributed by atoms with Gasteiger partial charge in [0.2, 0.25) is 94.5 Å². The van der Waals surface area contributed by atoms with Crippen LogP contribution in [0.15, 0.2) is 4.99 Å². The number of guanidine groups is 1. The Morgan fingerprint density at radius 1 is 0.362 bits per heavy atom. The molecule has 0 unspecified atom stereocenters. The van der Waals surface area contributed by atoms with Gasteiger partial charge in [-0.15, -0.1) is 0 Å². The van der Waals surface area contributed by atoms with Gasteiger partial charge in [0.05, 0.1) is 6.04 Å². The summed E-state index contributed by atoms with van der Waals surface area (Å²) in [6.45, 7) is 11.2. The number of unbranched alkanes of at least 4 members (excludes halogenated alkanes) is 3. The summed E-state index contributed by atoms with van der Waals surface area (Å²) in [5.74, 6) is -17.2. The van der Waals surface area contributed by atoms with Gasteiger partial charge in [-0.25, -0.2) is 4.79 Å². The predicted octanol–water partition coefficient (Wildman–Crippen LogP) is -7.09. The maximum absolute atomic E-state index is 14.8. The molecule has 0 aromatic heterocycles. The van der Waals surface area contributed by atoms with Crippen LogP contribution in [0.2, 0.25) is 0 Å². The standard InChI is InChI=1S/C73H127N23O20/c1-38(2)56(68(111)85-40(5)58(101)83-41(6)60(103)91-49(72(115)116)26-29-54(79)98)92-64(107)44(19-9-12-32-75)86-63(106)45(21-14-34-82-73(80)81)87-65(108)50-22-15-35-94(50)69(112)47(20-10-13-33-76)89-59(102)42(7)84-62(105)46(25-28-53(78)97)88-66(109)51-23-17-37-96(51)71(114)57(39(3)4)93-67(110)52-24-16-36-95(52)70(113)48(27-30-55(99)100)90-61(104)43(77)18-8-11-31-74/h38-52,56-57H,8-37,74-77H2,1-7H3,(H2,78,97)(H2,79,98)(H,83,101)(H,84,105)(H,85,111)(H,86,106)(H,87,108)(H,88,109)(H,89,102)(H,90,104)(H,91,103)(H,92,107)(H,93,110)(H,99,100)(H,115,116)(H4,80,81,82)/t40-,41-,42-,43+,44-,45-,46-,47-,48-,49-,50-,51-,52-,56-,57-/m0/s1. The molecule has 0 spiro atoms. The Kier molecular flexibility index (Phi) is 43.7. The van der Waals surface area contributed by atoms with Crippen molar-refractivity contribution in [1.82, 2.24) is 73.2 Å². The average Bonchev–Trinajstić information content (AvgIpc) is 1.63. The maximum atomic E-state index is 14.8. The third-order valence-electron chi connectivity index (χ3n) is 20.1. The van der Waals surface area contributed by atoms with Gasteiger partial charge in [0, 0.05) is 45.4 Å². The van der Waals surface area contributed by atoms with Crippen LogP contribution >= 0.6 is 0 Å². The van der Waals surface area contributed by atoms with Gasteiger partial charge in [-0.05, 0) is 174 Å². The number of nitrogens with two attached hydrogens (primary N) is 8. The number of nitrogens with one attached hydrogen (secondary N) is 11. The van der Waals surface area contributed by atoms with Gasteiger partial charge in [-0.1, -0.05) is 34.1 Å². The fourth-order valence-corrected chi connectivity index (χ4v) is 13.4. The van der Waals surface area contributed by atoms with E-state index in [4.69, 9.17) is 45.9 Å². The van der Waals surface area contributed by atoms with E-state index in [2.05, 4.69) is 63.5 Å². The molecular weight excluding hydrogens is 1520 g/mol. The molecular formula is C73H127N23O20. The zero-order valence-electron chi connectivity index (χ0n) is 67.7. The van der Waals surface area contributed by atoms with Gasteiger partial charge in [0.1, 0.15) is 84.6 Å². The van der Waals surface area contributed by atoms with Crippen LogP contribution in [-0.4, -0.2) is 274 Å². The summed E-state index contributed by atoms with van der Waals surface area (Å²) in [4.78, 5) is 252. The molecule has 0 radical (unpaired) electrons. The van der Waals surface area contributed by atoms with Crippen LogP contribution in [0.5, 0.6) is 0 Å². The molecule has 3 heterocycles. The van der Waals surface area contributed by atoms with Crippen molar-refractivity contribution in [2.45, 2.75) is 287 Å². The summed E-state index contributed by atoms with van der Waals surface area (Å²) in [5, 5.41) is 47.3. The molecule has 3 aliphatic rings. The first-order valence-corrected chi connectivity index (χ1v) is 39.9. The molecule has 3 rings (SSSR count). The molecule has 16 amide bonds. The highest BCUT2D eigenvalue weighted by atomic mass is 16.4. The van der Waals surface area contributed by atoms with Crippen LogP contribution in [0.1, 0.15) is 196 Å². The number of amides is 16. The topological polar surface area (TPSA) is 710 Å². The SMILES string of the molecule is CC(C)[C@H](NC(=O)[C@H](CCCCN)NC(=O)[C@H](CCCN=C(N)N)NC(=O)[C@@H]1CCCN1C(=O)[C@H](CCCCN)NC(=O)[C@H](C)NC(=O)[C@H](CCC(N)=O)NC(=O)[C@@H]1CCCN1C(=O)[C@@H](NC(=O)[C@@H]1CCCN1C(=O)[C@H](CCC(=O)O)NC(=O)[C@H](N)CCCCN)C(C)C)C(=O)N[C@@H](C)C(=O)N[C@@H](C)C(=O)N[C@@H](CCC(N)=O)C(=O)O. The van der Waals surface area contributed by atoms with Crippen LogP contribution in [0.3, 0.4) is 0 Å². The van der Waals surface area contributed by atoms with E-state index < -0.39 is 222 Å². The highest BCUT2D eigenvalue weighted by Gasteiger charge is 2.45. The van der Waals surface area contributed by atoms with E-state index >= 15 is 0 Å². The molecule has 0 bridgehead atoms. The smallest absolute Gasteiger partial charge is 0.326 e. The molecule has 3 aliphatic heterocycles. The first-order valence-electron chi connectivity index (χ1n) is 39.9. The summed E-state index contributed by atoms with van der Waals surface area (Å²) < 4.78 is 0. The number of primary amides is 2. The number of carboxylic acid groups (broad SMARTS) is 2. The molecule has 3 saturated heterocycles. The van der Waals surface area contributed by atoms with Crippen molar-refractivity contribution in [2.75, 3.05) is 45.8 Å². The zero-order valence-corrected chi connectivity index (χ0v) is 67.7. The number of nitrogens with zero attached hydrogens (tertiary/aromatic N) is 4. The fraction of sp³-hybridized carbons (Fsp3) is 0.740. The Labute approximate surface area is 674 Å². The minimum atomic E-state index is -1.54. The van der Waals surface area contributed by atoms with Crippen LogP contribution < -0.4 is 104 Å². The van der Waals surface area contributed by atoms with E-state index in [0.29, 0.717) is 45.1 Å². The van der Waals surface area contributed by atoms with Crippen molar-refractivity contribution >= 4 is 112 Å². The summed E-state index contributed by atoms with van der Waals surface area (Å²) in [7, 11) is 0. The van der Waals surface area contributed by atoms with Crippen molar-refractivity contribution in [3.8, 4) is 0 Å². The average molecular weight is 1650 g/mol. The van der Waals surface area contributed by atoms with Crippen LogP contribution in [0.4, 0.5) is 0 Å². The summed E-state index contributed by atoms with van der Waals surface area (Å²) in [6.07, 6.45) is 1.64. The maximum Gasteiger partial charge on any atom is 0.326 e.